The van der Waals surface area contributed by atoms with Crippen LogP contribution in [0, 0.1) is 17.5 Å². The van der Waals surface area contributed by atoms with Gasteiger partial charge in [-0.15, -0.1) is 0 Å². The fourth-order valence-corrected chi connectivity index (χ4v) is 2.09. The number of nitrogens with one attached hydrogen (secondary N) is 3. The van der Waals surface area contributed by atoms with Gasteiger partial charge in [0.05, 0.1) is 5.69 Å². The number of halogens is 3. The molecule has 0 radical (unpaired) electrons. The van der Waals surface area contributed by atoms with Crippen LogP contribution in [-0.4, -0.2) is 36.0 Å². The van der Waals surface area contributed by atoms with Gasteiger partial charge in [-0.05, 0) is 25.5 Å². The molecule has 1 saturated heterocycles. The number of urea groups is 1. The number of hydrogen-bond donors (Lipinski definition) is 3. The summed E-state index contributed by atoms with van der Waals surface area (Å²) >= 11 is 0. The Bertz CT molecular complexity index is 771. The SMILES string of the molecule is C[C@H](OC(=O)CC[C@@H]1NC(=O)NC1=O)C(=O)Nc1ccc(F)c(F)c1F. The number of ether oxygens (including phenoxy) is 1. The van der Waals surface area contributed by atoms with E-state index in [0.29, 0.717) is 6.07 Å². The van der Waals surface area contributed by atoms with Crippen molar-refractivity contribution in [3.8, 4) is 0 Å². The van der Waals surface area contributed by atoms with Crippen LogP contribution in [0.4, 0.5) is 23.7 Å². The number of esters is 1. The highest BCUT2D eigenvalue weighted by Gasteiger charge is 2.30. The first-order chi connectivity index (χ1) is 12.2. The number of carbonyl (C=O) groups is 4. The van der Waals surface area contributed by atoms with Crippen LogP contribution in [0.2, 0.25) is 0 Å². The first-order valence-electron chi connectivity index (χ1n) is 7.44. The summed E-state index contributed by atoms with van der Waals surface area (Å²) in [7, 11) is 0. The fourth-order valence-electron chi connectivity index (χ4n) is 2.09. The van der Waals surface area contributed by atoms with Gasteiger partial charge in [0.25, 0.3) is 11.8 Å². The quantitative estimate of drug-likeness (QED) is 0.391. The molecule has 2 atom stereocenters. The zero-order valence-corrected chi connectivity index (χ0v) is 13.4. The number of imide groups is 1. The van der Waals surface area contributed by atoms with Crippen LogP contribution in [-0.2, 0) is 19.1 Å². The Hall–Kier alpha value is -3.11. The van der Waals surface area contributed by atoms with Crippen molar-refractivity contribution in [2.24, 2.45) is 0 Å². The molecule has 140 valence electrons. The second-order valence-corrected chi connectivity index (χ2v) is 5.40. The Kier molecular flexibility index (Phi) is 5.80. The average molecular weight is 373 g/mol. The summed E-state index contributed by atoms with van der Waals surface area (Å²) in [6, 6.07) is -0.0992. The molecule has 2 rings (SSSR count). The van der Waals surface area contributed by atoms with Crippen molar-refractivity contribution in [2.45, 2.75) is 31.9 Å². The van der Waals surface area contributed by atoms with E-state index in [2.05, 4.69) is 5.32 Å². The highest BCUT2D eigenvalue weighted by atomic mass is 19.2. The smallest absolute Gasteiger partial charge is 0.322 e. The molecular weight excluding hydrogens is 359 g/mol. The van der Waals surface area contributed by atoms with Crippen LogP contribution >= 0.6 is 0 Å². The molecule has 1 aromatic rings. The monoisotopic (exact) mass is 373 g/mol. The van der Waals surface area contributed by atoms with Crippen LogP contribution in [0.1, 0.15) is 19.8 Å². The van der Waals surface area contributed by atoms with Crippen molar-refractivity contribution in [3.05, 3.63) is 29.6 Å². The lowest BCUT2D eigenvalue weighted by atomic mass is 10.1. The number of carbonyl (C=O) groups excluding carboxylic acids is 4. The first kappa shape index (κ1) is 19.2. The summed E-state index contributed by atoms with van der Waals surface area (Å²) in [5.74, 6) is -7.13. The lowest BCUT2D eigenvalue weighted by Gasteiger charge is -2.14. The van der Waals surface area contributed by atoms with Crippen molar-refractivity contribution in [2.75, 3.05) is 5.32 Å². The van der Waals surface area contributed by atoms with Gasteiger partial charge in [0, 0.05) is 6.42 Å². The highest BCUT2D eigenvalue weighted by Crippen LogP contribution is 2.20. The van der Waals surface area contributed by atoms with Gasteiger partial charge in [0.15, 0.2) is 23.6 Å². The van der Waals surface area contributed by atoms with E-state index in [1.807, 2.05) is 10.6 Å². The molecular formula is C15H14F3N3O5. The summed E-state index contributed by atoms with van der Waals surface area (Å²) in [5.41, 5.74) is -0.609. The minimum absolute atomic E-state index is 0.0391. The van der Waals surface area contributed by atoms with E-state index in [1.54, 1.807) is 0 Å². The number of hydrogen-bond acceptors (Lipinski definition) is 5. The maximum absolute atomic E-state index is 13.5. The van der Waals surface area contributed by atoms with Crippen LogP contribution < -0.4 is 16.0 Å². The van der Waals surface area contributed by atoms with Gasteiger partial charge in [-0.3, -0.25) is 19.7 Å². The zero-order chi connectivity index (χ0) is 19.4. The van der Waals surface area contributed by atoms with Crippen LogP contribution in [0.3, 0.4) is 0 Å². The van der Waals surface area contributed by atoms with Gasteiger partial charge in [-0.1, -0.05) is 0 Å². The summed E-state index contributed by atoms with van der Waals surface area (Å²) in [6.45, 7) is 1.19. The highest BCUT2D eigenvalue weighted by molar-refractivity contribution is 6.04. The molecule has 1 aliphatic heterocycles. The summed E-state index contributed by atoms with van der Waals surface area (Å²) < 4.78 is 44.3. The van der Waals surface area contributed by atoms with Crippen molar-refractivity contribution < 1.29 is 37.1 Å². The molecule has 11 heteroatoms. The molecule has 0 unspecified atom stereocenters. The average Bonchev–Trinajstić information content (AvgIpc) is 2.90. The van der Waals surface area contributed by atoms with Gasteiger partial charge in [0.2, 0.25) is 0 Å². The van der Waals surface area contributed by atoms with E-state index in [-0.39, 0.29) is 12.8 Å². The first-order valence-corrected chi connectivity index (χ1v) is 7.44. The van der Waals surface area contributed by atoms with Gasteiger partial charge in [-0.2, -0.15) is 0 Å². The van der Waals surface area contributed by atoms with Crippen LogP contribution in [0.25, 0.3) is 0 Å². The third-order valence-electron chi connectivity index (χ3n) is 3.47. The van der Waals surface area contributed by atoms with E-state index in [4.69, 9.17) is 4.74 Å². The Morgan fingerprint density at radius 3 is 2.54 bits per heavy atom. The molecule has 0 aromatic heterocycles. The van der Waals surface area contributed by atoms with Crippen molar-refractivity contribution in [1.82, 2.24) is 10.6 Å². The van der Waals surface area contributed by atoms with Gasteiger partial charge in [0.1, 0.15) is 6.04 Å². The molecule has 3 N–H and O–H groups in total. The van der Waals surface area contributed by atoms with E-state index >= 15 is 0 Å². The van der Waals surface area contributed by atoms with Crippen LogP contribution in [0.15, 0.2) is 12.1 Å². The van der Waals surface area contributed by atoms with E-state index in [9.17, 15) is 32.3 Å². The number of rotatable bonds is 6. The van der Waals surface area contributed by atoms with Crippen molar-refractivity contribution in [3.63, 3.8) is 0 Å². The lowest BCUT2D eigenvalue weighted by Crippen LogP contribution is -2.32. The minimum Gasteiger partial charge on any atom is -0.453 e. The predicted molar refractivity (Wildman–Crippen MR) is 80.2 cm³/mol. The fraction of sp³-hybridized carbons (Fsp3) is 0.333. The Balaban J connectivity index is 1.85. The van der Waals surface area contributed by atoms with Crippen molar-refractivity contribution in [1.29, 1.82) is 0 Å². The van der Waals surface area contributed by atoms with Gasteiger partial charge < -0.3 is 15.4 Å². The molecule has 0 saturated carbocycles. The predicted octanol–water partition coefficient (Wildman–Crippen LogP) is 0.962. The largest absolute Gasteiger partial charge is 0.453 e. The molecule has 4 amide bonds. The third kappa shape index (κ3) is 4.49. The molecule has 0 spiro atoms. The number of anilines is 1. The summed E-state index contributed by atoms with van der Waals surface area (Å²) in [5, 5.41) is 6.26. The number of amides is 4. The molecule has 1 heterocycles. The molecule has 8 nitrogen and oxygen atoms in total. The van der Waals surface area contributed by atoms with Crippen LogP contribution in [0.5, 0.6) is 0 Å². The third-order valence-corrected chi connectivity index (χ3v) is 3.47. The Labute approximate surface area is 145 Å². The molecule has 0 bridgehead atoms. The minimum atomic E-state index is -1.75. The number of benzene rings is 1. The van der Waals surface area contributed by atoms with Crippen molar-refractivity contribution >= 4 is 29.5 Å². The van der Waals surface area contributed by atoms with E-state index in [0.717, 1.165) is 6.07 Å². The topological polar surface area (TPSA) is 114 Å². The Morgan fingerprint density at radius 2 is 1.92 bits per heavy atom. The molecule has 26 heavy (non-hydrogen) atoms. The molecule has 1 aliphatic rings. The van der Waals surface area contributed by atoms with E-state index in [1.165, 1.54) is 6.92 Å². The normalized spacial score (nSPS) is 17.3. The standard InChI is InChI=1S/C15H14F3N3O5/c1-6(13(23)19-8-3-2-7(16)11(17)12(8)18)26-10(22)5-4-9-14(24)21-15(25)20-9/h2-3,6,9H,4-5H2,1H3,(H,19,23)(H2,20,21,24,25)/t6-,9-/m0/s1. The molecule has 0 aliphatic carbocycles. The second-order valence-electron chi connectivity index (χ2n) is 5.40. The molecule has 1 fully saturated rings. The zero-order valence-electron chi connectivity index (χ0n) is 13.4. The maximum Gasteiger partial charge on any atom is 0.322 e. The maximum atomic E-state index is 13.5. The molecule has 1 aromatic carbocycles. The van der Waals surface area contributed by atoms with Gasteiger partial charge in [-0.25, -0.2) is 18.0 Å². The lowest BCUT2D eigenvalue weighted by molar-refractivity contribution is -0.153. The Morgan fingerprint density at radius 1 is 1.23 bits per heavy atom. The van der Waals surface area contributed by atoms with E-state index < -0.39 is 59.1 Å². The second kappa shape index (κ2) is 7.85. The summed E-state index contributed by atoms with van der Waals surface area (Å²) in [6.07, 6.45) is -1.67. The summed E-state index contributed by atoms with van der Waals surface area (Å²) in [4.78, 5) is 45.8. The van der Waals surface area contributed by atoms with Gasteiger partial charge >= 0.3 is 12.0 Å².